The number of anilines is 1. The second kappa shape index (κ2) is 12.3. The van der Waals surface area contributed by atoms with Gasteiger partial charge in [0.05, 0.1) is 38.1 Å². The molecule has 1 spiro atoms. The third kappa shape index (κ3) is 5.99. The van der Waals surface area contributed by atoms with Crippen molar-refractivity contribution in [2.24, 2.45) is 0 Å². The predicted molar refractivity (Wildman–Crippen MR) is 155 cm³/mol. The fourth-order valence-electron chi connectivity index (χ4n) is 5.66. The highest BCUT2D eigenvalue weighted by molar-refractivity contribution is 5.94. The van der Waals surface area contributed by atoms with Crippen LogP contribution >= 0.6 is 0 Å². The van der Waals surface area contributed by atoms with Crippen LogP contribution in [0.25, 0.3) is 11.1 Å². The summed E-state index contributed by atoms with van der Waals surface area (Å²) in [5.74, 6) is 0.150. The number of amides is 1. The number of halogens is 1. The number of methoxy groups -OCH3 is 1. The monoisotopic (exact) mass is 578 g/mol. The average molecular weight is 579 g/mol. The molecule has 0 aliphatic carbocycles. The van der Waals surface area contributed by atoms with Crippen molar-refractivity contribution in [2.75, 3.05) is 44.9 Å². The highest BCUT2D eigenvalue weighted by atomic mass is 19.1. The molecule has 2 saturated heterocycles. The zero-order valence-electron chi connectivity index (χ0n) is 24.0. The van der Waals surface area contributed by atoms with Gasteiger partial charge in [-0.15, -0.1) is 0 Å². The Morgan fingerprint density at radius 1 is 0.976 bits per heavy atom. The van der Waals surface area contributed by atoms with Crippen molar-refractivity contribution in [3.63, 3.8) is 0 Å². The third-order valence-electron chi connectivity index (χ3n) is 7.73. The molecule has 42 heavy (non-hydrogen) atoms. The van der Waals surface area contributed by atoms with Gasteiger partial charge in [-0.3, -0.25) is 9.80 Å². The quantitative estimate of drug-likeness (QED) is 0.314. The van der Waals surface area contributed by atoms with E-state index in [0.717, 1.165) is 29.8 Å². The predicted octanol–water partition coefficient (Wildman–Crippen LogP) is 5.99. The highest BCUT2D eigenvalue weighted by Gasteiger charge is 2.47. The number of nitrogens with zero attached hydrogens (tertiary/aromatic N) is 2. The Kier molecular flexibility index (Phi) is 8.54. The van der Waals surface area contributed by atoms with Crippen LogP contribution in [-0.2, 0) is 11.3 Å². The molecule has 0 atom stereocenters. The van der Waals surface area contributed by atoms with E-state index in [1.165, 1.54) is 25.3 Å². The number of piperidine rings is 1. The largest absolute Gasteiger partial charge is 0.496 e. The SMILES string of the molecule is CCOc1cc(CN2CCC3(CC2)CN(c2ccc(C(=O)O)c(OC)c2)C(=O)O3)cc(OCC)c1-c1ccc(F)cc1. The fraction of sp³-hybridized carbons (Fsp3) is 0.375. The lowest BCUT2D eigenvalue weighted by Crippen LogP contribution is -2.46. The van der Waals surface area contributed by atoms with Gasteiger partial charge < -0.3 is 24.1 Å². The van der Waals surface area contributed by atoms with Crippen LogP contribution in [0.3, 0.4) is 0 Å². The number of hydrogen-bond acceptors (Lipinski definition) is 7. The van der Waals surface area contributed by atoms with E-state index in [1.54, 1.807) is 29.2 Å². The Morgan fingerprint density at radius 2 is 1.62 bits per heavy atom. The van der Waals surface area contributed by atoms with Crippen molar-refractivity contribution in [3.8, 4) is 28.4 Å². The minimum atomic E-state index is -1.10. The number of hydrogen-bond donors (Lipinski definition) is 1. The number of aromatic carboxylic acids is 1. The first-order valence-electron chi connectivity index (χ1n) is 14.1. The maximum atomic E-state index is 13.6. The van der Waals surface area contributed by atoms with Crippen LogP contribution < -0.4 is 19.1 Å². The van der Waals surface area contributed by atoms with E-state index in [2.05, 4.69) is 4.90 Å². The van der Waals surface area contributed by atoms with Crippen LogP contribution in [0.5, 0.6) is 17.2 Å². The topological polar surface area (TPSA) is 97.8 Å². The first-order valence-corrected chi connectivity index (χ1v) is 14.1. The van der Waals surface area contributed by atoms with Crippen LogP contribution in [0, 0.1) is 5.82 Å². The summed E-state index contributed by atoms with van der Waals surface area (Å²) in [5.41, 5.74) is 2.59. The van der Waals surface area contributed by atoms with Crippen LogP contribution in [0.15, 0.2) is 54.6 Å². The van der Waals surface area contributed by atoms with Gasteiger partial charge in [0, 0.05) is 38.5 Å². The first kappa shape index (κ1) is 29.2. The van der Waals surface area contributed by atoms with Crippen molar-refractivity contribution in [2.45, 2.75) is 38.8 Å². The molecule has 1 N–H and O–H groups in total. The fourth-order valence-corrected chi connectivity index (χ4v) is 5.66. The Bertz CT molecular complexity index is 1420. The van der Waals surface area contributed by atoms with E-state index >= 15 is 0 Å². The average Bonchev–Trinajstić information content (AvgIpc) is 3.30. The summed E-state index contributed by atoms with van der Waals surface area (Å²) in [6, 6.07) is 14.9. The maximum absolute atomic E-state index is 13.6. The smallest absolute Gasteiger partial charge is 0.415 e. The van der Waals surface area contributed by atoms with E-state index < -0.39 is 17.7 Å². The molecule has 222 valence electrons. The van der Waals surface area contributed by atoms with Crippen LogP contribution in [0.2, 0.25) is 0 Å². The summed E-state index contributed by atoms with van der Waals surface area (Å²) in [5, 5.41) is 9.38. The molecule has 5 rings (SSSR count). The molecule has 2 aliphatic heterocycles. The summed E-state index contributed by atoms with van der Waals surface area (Å²) in [7, 11) is 1.40. The van der Waals surface area contributed by atoms with Crippen molar-refractivity contribution in [1.82, 2.24) is 4.90 Å². The number of rotatable bonds is 10. The van der Waals surface area contributed by atoms with Gasteiger partial charge in [0.2, 0.25) is 0 Å². The van der Waals surface area contributed by atoms with E-state index in [1.807, 2.05) is 26.0 Å². The van der Waals surface area contributed by atoms with E-state index in [9.17, 15) is 19.1 Å². The van der Waals surface area contributed by atoms with Gasteiger partial charge in [0.25, 0.3) is 0 Å². The summed E-state index contributed by atoms with van der Waals surface area (Å²) >= 11 is 0. The third-order valence-corrected chi connectivity index (χ3v) is 7.73. The molecule has 0 saturated carbocycles. The molecule has 0 unspecified atom stereocenters. The number of carbonyl (C=O) groups is 2. The first-order chi connectivity index (χ1) is 20.3. The van der Waals surface area contributed by atoms with Gasteiger partial charge in [-0.25, -0.2) is 14.0 Å². The lowest BCUT2D eigenvalue weighted by Gasteiger charge is -2.37. The molecule has 3 aromatic carbocycles. The van der Waals surface area contributed by atoms with E-state index in [4.69, 9.17) is 18.9 Å². The summed E-state index contributed by atoms with van der Waals surface area (Å²) in [6.07, 6.45) is 0.862. The maximum Gasteiger partial charge on any atom is 0.415 e. The second-order valence-electron chi connectivity index (χ2n) is 10.4. The number of ether oxygens (including phenoxy) is 4. The molecule has 3 aromatic rings. The van der Waals surface area contributed by atoms with E-state index in [0.29, 0.717) is 56.3 Å². The number of carboxylic acids is 1. The zero-order chi connectivity index (χ0) is 29.9. The molecule has 2 fully saturated rings. The van der Waals surface area contributed by atoms with Gasteiger partial charge in [0.15, 0.2) is 0 Å². The van der Waals surface area contributed by atoms with Gasteiger partial charge in [-0.1, -0.05) is 12.1 Å². The van der Waals surface area contributed by atoms with Crippen molar-refractivity contribution in [3.05, 3.63) is 71.5 Å². The normalized spacial score (nSPS) is 16.4. The molecule has 2 heterocycles. The van der Waals surface area contributed by atoms with Crippen LogP contribution in [0.1, 0.15) is 42.6 Å². The standard InChI is InChI=1S/C32H35FN2O7/c1-4-40-27-16-21(17-28(41-5-2)29(27)22-6-8-23(33)9-7-22)19-34-14-12-32(13-15-34)20-35(31(38)42-32)24-10-11-25(30(36)37)26(18-24)39-3/h6-11,16-18H,4-5,12-15,19-20H2,1-3H3,(H,36,37). The van der Waals surface area contributed by atoms with Crippen molar-refractivity contribution >= 4 is 17.7 Å². The molecule has 0 bridgehead atoms. The Balaban J connectivity index is 1.30. The van der Waals surface area contributed by atoms with Gasteiger partial charge in [0.1, 0.15) is 34.2 Å². The van der Waals surface area contributed by atoms with Crippen LogP contribution in [0.4, 0.5) is 14.9 Å². The second-order valence-corrected chi connectivity index (χ2v) is 10.4. The molecular weight excluding hydrogens is 543 g/mol. The van der Waals surface area contributed by atoms with Crippen LogP contribution in [-0.4, -0.2) is 67.6 Å². The zero-order valence-corrected chi connectivity index (χ0v) is 24.0. The minimum Gasteiger partial charge on any atom is -0.496 e. The minimum absolute atomic E-state index is 0.0301. The Hall–Kier alpha value is -4.31. The highest BCUT2D eigenvalue weighted by Crippen LogP contribution is 2.41. The van der Waals surface area contributed by atoms with Gasteiger partial charge in [-0.05, 0) is 61.4 Å². The number of carboxylic acid groups (broad SMARTS) is 1. The summed E-state index contributed by atoms with van der Waals surface area (Å²) in [4.78, 5) is 28.2. The lowest BCUT2D eigenvalue weighted by molar-refractivity contribution is -0.00101. The van der Waals surface area contributed by atoms with E-state index in [-0.39, 0.29) is 17.1 Å². The summed E-state index contributed by atoms with van der Waals surface area (Å²) < 4.78 is 36.8. The number of benzene rings is 3. The molecule has 10 heteroatoms. The molecule has 1 amide bonds. The Labute approximate surface area is 244 Å². The molecule has 0 radical (unpaired) electrons. The molecular formula is C32H35FN2O7. The molecule has 2 aliphatic rings. The molecule has 0 aromatic heterocycles. The molecule has 9 nitrogen and oxygen atoms in total. The number of carbonyl (C=O) groups excluding carboxylic acids is 1. The van der Waals surface area contributed by atoms with Crippen molar-refractivity contribution in [1.29, 1.82) is 0 Å². The number of likely N-dealkylation sites (tertiary alicyclic amines) is 1. The Morgan fingerprint density at radius 3 is 2.19 bits per heavy atom. The van der Waals surface area contributed by atoms with Gasteiger partial charge in [-0.2, -0.15) is 0 Å². The summed E-state index contributed by atoms with van der Waals surface area (Å²) in [6.45, 7) is 7.27. The van der Waals surface area contributed by atoms with Crippen molar-refractivity contribution < 1.29 is 38.0 Å². The van der Waals surface area contributed by atoms with Gasteiger partial charge >= 0.3 is 12.1 Å². The lowest BCUT2D eigenvalue weighted by atomic mass is 9.91.